The fraction of sp³-hybridized carbons (Fsp3) is 0.222. The minimum atomic E-state index is -1.27. The highest BCUT2D eigenvalue weighted by Crippen LogP contribution is 2.37. The zero-order valence-electron chi connectivity index (χ0n) is 7.97. The Balaban J connectivity index is 3.22. The third kappa shape index (κ3) is 2.10. The maximum atomic E-state index is 10.6. The normalized spacial score (nSPS) is 12.1. The van der Waals surface area contributed by atoms with Crippen molar-refractivity contribution in [3.8, 4) is 17.2 Å². The van der Waals surface area contributed by atoms with E-state index in [1.807, 2.05) is 0 Å². The summed E-state index contributed by atoms with van der Waals surface area (Å²) in [6, 6.07) is 1.06. The molecule has 1 atom stereocenters. The maximum Gasteiger partial charge on any atom is 0.325 e. The highest BCUT2D eigenvalue weighted by Gasteiger charge is 2.18. The molecule has 82 valence electrons. The molecule has 6 heteroatoms. The van der Waals surface area contributed by atoms with Gasteiger partial charge >= 0.3 is 5.97 Å². The fourth-order valence-corrected chi connectivity index (χ4v) is 1.09. The standard InChI is InChI=1S/C9H11NO5/c1-15-6-3-4(7(10)9(13)14)2-5(11)8(6)12/h2-3,7,11-12H,10H2,1H3,(H,13,14). The molecule has 0 saturated carbocycles. The van der Waals surface area contributed by atoms with Crippen molar-refractivity contribution in [3.63, 3.8) is 0 Å². The number of ether oxygens (including phenoxy) is 1. The van der Waals surface area contributed by atoms with Crippen molar-refractivity contribution in [1.82, 2.24) is 0 Å². The van der Waals surface area contributed by atoms with Gasteiger partial charge in [0, 0.05) is 0 Å². The number of carbonyl (C=O) groups is 1. The van der Waals surface area contributed by atoms with Crippen molar-refractivity contribution < 1.29 is 24.9 Å². The fourth-order valence-electron chi connectivity index (χ4n) is 1.09. The molecule has 5 N–H and O–H groups in total. The first-order chi connectivity index (χ1) is 6.97. The van der Waals surface area contributed by atoms with Gasteiger partial charge in [-0.1, -0.05) is 0 Å². The molecule has 0 fully saturated rings. The summed E-state index contributed by atoms with van der Waals surface area (Å²) >= 11 is 0. The topological polar surface area (TPSA) is 113 Å². The molecule has 1 aromatic rings. The van der Waals surface area contributed by atoms with E-state index < -0.39 is 23.5 Å². The summed E-state index contributed by atoms with van der Waals surface area (Å²) in [5, 5.41) is 27.2. The Labute approximate surface area is 85.5 Å². The molecule has 0 saturated heterocycles. The molecule has 0 spiro atoms. The zero-order valence-corrected chi connectivity index (χ0v) is 7.97. The lowest BCUT2D eigenvalue weighted by atomic mass is 10.1. The first-order valence-electron chi connectivity index (χ1n) is 4.05. The second kappa shape index (κ2) is 4.05. The van der Waals surface area contributed by atoms with Gasteiger partial charge in [-0.25, -0.2) is 0 Å². The van der Waals surface area contributed by atoms with Gasteiger partial charge in [0.05, 0.1) is 7.11 Å². The summed E-state index contributed by atoms with van der Waals surface area (Å²) in [7, 11) is 1.28. The van der Waals surface area contributed by atoms with Crippen LogP contribution in [0.1, 0.15) is 11.6 Å². The van der Waals surface area contributed by atoms with Crippen molar-refractivity contribution in [2.24, 2.45) is 5.73 Å². The molecule has 15 heavy (non-hydrogen) atoms. The number of hydrogen-bond donors (Lipinski definition) is 4. The summed E-state index contributed by atoms with van der Waals surface area (Å²) in [5.41, 5.74) is 5.48. The van der Waals surface area contributed by atoms with Gasteiger partial charge in [0.15, 0.2) is 11.5 Å². The van der Waals surface area contributed by atoms with Crippen LogP contribution in [0.3, 0.4) is 0 Å². The van der Waals surface area contributed by atoms with Crippen LogP contribution in [0.4, 0.5) is 0 Å². The molecule has 0 amide bonds. The molecule has 0 radical (unpaired) electrons. The van der Waals surface area contributed by atoms with E-state index in [4.69, 9.17) is 15.6 Å². The first-order valence-corrected chi connectivity index (χ1v) is 4.05. The van der Waals surface area contributed by atoms with E-state index >= 15 is 0 Å². The number of aliphatic carboxylic acids is 1. The van der Waals surface area contributed by atoms with Crippen LogP contribution >= 0.6 is 0 Å². The van der Waals surface area contributed by atoms with Crippen LogP contribution in [0.2, 0.25) is 0 Å². The SMILES string of the molecule is COc1cc(C(N)C(=O)O)cc(O)c1O. The van der Waals surface area contributed by atoms with Crippen LogP contribution < -0.4 is 10.5 Å². The van der Waals surface area contributed by atoms with E-state index in [-0.39, 0.29) is 11.3 Å². The number of phenols is 2. The van der Waals surface area contributed by atoms with E-state index in [0.717, 1.165) is 6.07 Å². The molecule has 1 rings (SSSR count). The minimum Gasteiger partial charge on any atom is -0.504 e. The Morgan fingerprint density at radius 1 is 1.47 bits per heavy atom. The lowest BCUT2D eigenvalue weighted by Crippen LogP contribution is -2.20. The Morgan fingerprint density at radius 2 is 2.07 bits per heavy atom. The van der Waals surface area contributed by atoms with E-state index in [2.05, 4.69) is 0 Å². The van der Waals surface area contributed by atoms with E-state index in [1.54, 1.807) is 0 Å². The Bertz CT molecular complexity index is 390. The van der Waals surface area contributed by atoms with Gasteiger partial charge in [-0.3, -0.25) is 4.79 Å². The molecule has 0 aliphatic heterocycles. The van der Waals surface area contributed by atoms with Gasteiger partial charge in [0.2, 0.25) is 5.75 Å². The van der Waals surface area contributed by atoms with E-state index in [0.29, 0.717) is 0 Å². The van der Waals surface area contributed by atoms with Gasteiger partial charge in [0.1, 0.15) is 6.04 Å². The van der Waals surface area contributed by atoms with E-state index in [9.17, 15) is 15.0 Å². The summed E-state index contributed by atoms with van der Waals surface area (Å²) in [6.45, 7) is 0. The molecule has 1 unspecified atom stereocenters. The number of aromatic hydroxyl groups is 2. The van der Waals surface area contributed by atoms with Crippen molar-refractivity contribution in [3.05, 3.63) is 17.7 Å². The van der Waals surface area contributed by atoms with E-state index in [1.165, 1.54) is 13.2 Å². The molecule has 0 aromatic heterocycles. The maximum absolute atomic E-state index is 10.6. The number of carboxylic acid groups (broad SMARTS) is 1. The molecular formula is C9H11NO5. The van der Waals surface area contributed by atoms with Crippen LogP contribution in [0.15, 0.2) is 12.1 Å². The van der Waals surface area contributed by atoms with Gasteiger partial charge in [-0.2, -0.15) is 0 Å². The van der Waals surface area contributed by atoms with Gasteiger partial charge in [-0.15, -0.1) is 0 Å². The Morgan fingerprint density at radius 3 is 2.53 bits per heavy atom. The van der Waals surface area contributed by atoms with Crippen molar-refractivity contribution in [2.45, 2.75) is 6.04 Å². The quantitative estimate of drug-likeness (QED) is 0.533. The summed E-state index contributed by atoms with van der Waals surface area (Å²) in [6.07, 6.45) is 0. The highest BCUT2D eigenvalue weighted by molar-refractivity contribution is 5.76. The number of rotatable bonds is 3. The molecule has 0 heterocycles. The predicted octanol–water partition coefficient (Wildman–Crippen LogP) is 0.191. The number of phenolic OH excluding ortho intramolecular Hbond substituents is 2. The predicted molar refractivity (Wildman–Crippen MR) is 50.9 cm³/mol. The average Bonchev–Trinajstić information content (AvgIpc) is 2.20. The molecule has 0 aliphatic rings. The smallest absolute Gasteiger partial charge is 0.325 e. The third-order valence-corrected chi connectivity index (χ3v) is 1.92. The number of benzene rings is 1. The molecular weight excluding hydrogens is 202 g/mol. The van der Waals surface area contributed by atoms with Gasteiger partial charge in [0.25, 0.3) is 0 Å². The molecule has 0 aliphatic carbocycles. The third-order valence-electron chi connectivity index (χ3n) is 1.92. The zero-order chi connectivity index (χ0) is 11.6. The van der Waals surface area contributed by atoms with Crippen LogP contribution in [-0.4, -0.2) is 28.4 Å². The number of nitrogens with two attached hydrogens (primary N) is 1. The Kier molecular flexibility index (Phi) is 3.01. The molecule has 0 bridgehead atoms. The van der Waals surface area contributed by atoms with Crippen LogP contribution in [0.25, 0.3) is 0 Å². The van der Waals surface area contributed by atoms with Crippen molar-refractivity contribution in [1.29, 1.82) is 0 Å². The molecule has 1 aromatic carbocycles. The first kappa shape index (κ1) is 11.1. The lowest BCUT2D eigenvalue weighted by Gasteiger charge is -2.11. The lowest BCUT2D eigenvalue weighted by molar-refractivity contribution is -0.138. The number of carboxylic acids is 1. The van der Waals surface area contributed by atoms with Crippen LogP contribution in [0, 0.1) is 0 Å². The van der Waals surface area contributed by atoms with Gasteiger partial charge in [-0.05, 0) is 17.7 Å². The monoisotopic (exact) mass is 213 g/mol. The minimum absolute atomic E-state index is 0.0262. The van der Waals surface area contributed by atoms with Crippen LogP contribution in [0.5, 0.6) is 17.2 Å². The highest BCUT2D eigenvalue weighted by atomic mass is 16.5. The van der Waals surface area contributed by atoms with Crippen molar-refractivity contribution >= 4 is 5.97 Å². The van der Waals surface area contributed by atoms with Crippen molar-refractivity contribution in [2.75, 3.05) is 7.11 Å². The number of hydrogen-bond acceptors (Lipinski definition) is 5. The molecule has 6 nitrogen and oxygen atoms in total. The summed E-state index contributed by atoms with van der Waals surface area (Å²) in [4.78, 5) is 10.6. The van der Waals surface area contributed by atoms with Crippen LogP contribution in [-0.2, 0) is 4.79 Å². The summed E-state index contributed by atoms with van der Waals surface area (Å²) in [5.74, 6) is -2.18. The average molecular weight is 213 g/mol. The summed E-state index contributed by atoms with van der Waals surface area (Å²) < 4.78 is 4.74. The second-order valence-electron chi connectivity index (χ2n) is 2.91. The second-order valence-corrected chi connectivity index (χ2v) is 2.91. The van der Waals surface area contributed by atoms with Gasteiger partial charge < -0.3 is 25.8 Å². The number of methoxy groups -OCH3 is 1. The largest absolute Gasteiger partial charge is 0.504 e. The Hall–Kier alpha value is -1.95.